The third-order valence-electron chi connectivity index (χ3n) is 7.86. The van der Waals surface area contributed by atoms with Crippen molar-refractivity contribution in [1.29, 1.82) is 0 Å². The highest BCUT2D eigenvalue weighted by molar-refractivity contribution is 5.96. The second kappa shape index (κ2) is 5.16. The van der Waals surface area contributed by atoms with Crippen LogP contribution in [0.1, 0.15) is 27.7 Å². The first-order valence-corrected chi connectivity index (χ1v) is 9.14. The molecule has 0 amide bonds. The van der Waals surface area contributed by atoms with Crippen LogP contribution < -0.4 is 0 Å². The first-order chi connectivity index (χ1) is 12.0. The summed E-state index contributed by atoms with van der Waals surface area (Å²) in [6, 6.07) is 0. The minimum Gasteiger partial charge on any atom is -0.459 e. The van der Waals surface area contributed by atoms with Crippen LogP contribution in [-0.4, -0.2) is 62.7 Å². The molecule has 1 heterocycles. The molecule has 0 radical (unpaired) electrons. The first-order valence-electron chi connectivity index (χ1n) is 9.14. The summed E-state index contributed by atoms with van der Waals surface area (Å²) in [5.74, 6) is -3.80. The van der Waals surface area contributed by atoms with Gasteiger partial charge in [0.05, 0.1) is 24.2 Å². The first kappa shape index (κ1) is 18.1. The van der Waals surface area contributed by atoms with Crippen molar-refractivity contribution in [3.63, 3.8) is 0 Å². The molecule has 4 rings (SSSR count). The highest BCUT2D eigenvalue weighted by Crippen LogP contribution is 2.66. The summed E-state index contributed by atoms with van der Waals surface area (Å²) < 4.78 is 5.38. The fourth-order valence-electron chi connectivity index (χ4n) is 6.89. The van der Waals surface area contributed by atoms with Crippen molar-refractivity contribution in [2.45, 2.75) is 58.2 Å². The Morgan fingerprint density at radius 1 is 1.08 bits per heavy atom. The molecule has 11 atom stereocenters. The second-order valence-corrected chi connectivity index (χ2v) is 8.99. The van der Waals surface area contributed by atoms with Crippen molar-refractivity contribution in [2.24, 2.45) is 34.5 Å². The summed E-state index contributed by atoms with van der Waals surface area (Å²) in [4.78, 5) is 25.8. The zero-order valence-electron chi connectivity index (χ0n) is 15.3. The monoisotopic (exact) mass is 366 g/mol. The van der Waals surface area contributed by atoms with E-state index >= 15 is 0 Å². The molecule has 3 aliphatic carbocycles. The molecule has 144 valence electrons. The van der Waals surface area contributed by atoms with Gasteiger partial charge >= 0.3 is 5.97 Å². The van der Waals surface area contributed by atoms with Gasteiger partial charge in [0.15, 0.2) is 5.78 Å². The summed E-state index contributed by atoms with van der Waals surface area (Å²) in [6.45, 7) is 6.73. The van der Waals surface area contributed by atoms with Crippen molar-refractivity contribution in [3.05, 3.63) is 11.6 Å². The van der Waals surface area contributed by atoms with Crippen molar-refractivity contribution < 1.29 is 34.8 Å². The maximum Gasteiger partial charge on any atom is 0.310 e. The molecule has 0 aromatic carbocycles. The van der Waals surface area contributed by atoms with E-state index in [2.05, 4.69) is 0 Å². The molecule has 0 unspecified atom stereocenters. The van der Waals surface area contributed by atoms with Crippen LogP contribution in [0, 0.1) is 34.5 Å². The Bertz CT molecular complexity index is 717. The number of rotatable bonds is 0. The molecule has 2 saturated carbocycles. The van der Waals surface area contributed by atoms with Gasteiger partial charge in [-0.2, -0.15) is 0 Å². The topological polar surface area (TPSA) is 124 Å². The molecule has 1 aliphatic heterocycles. The van der Waals surface area contributed by atoms with E-state index in [0.29, 0.717) is 5.57 Å². The van der Waals surface area contributed by atoms with Crippen LogP contribution in [0.4, 0.5) is 0 Å². The van der Waals surface area contributed by atoms with E-state index in [-0.39, 0.29) is 5.92 Å². The van der Waals surface area contributed by atoms with Gasteiger partial charge in [0.1, 0.15) is 12.2 Å². The largest absolute Gasteiger partial charge is 0.459 e. The van der Waals surface area contributed by atoms with E-state index in [1.54, 1.807) is 27.7 Å². The highest BCUT2D eigenvalue weighted by Gasteiger charge is 2.76. The van der Waals surface area contributed by atoms with Crippen molar-refractivity contribution in [1.82, 2.24) is 0 Å². The predicted octanol–water partition coefficient (Wildman–Crippen LogP) is -0.591. The Kier molecular flexibility index (Phi) is 3.59. The fourth-order valence-corrected chi connectivity index (χ4v) is 6.89. The van der Waals surface area contributed by atoms with Crippen LogP contribution in [-0.2, 0) is 14.3 Å². The summed E-state index contributed by atoms with van der Waals surface area (Å²) in [6.07, 6.45) is -4.38. The van der Waals surface area contributed by atoms with Gasteiger partial charge in [0.2, 0.25) is 0 Å². The molecule has 0 aromatic heterocycles. The Morgan fingerprint density at radius 2 is 1.69 bits per heavy atom. The second-order valence-electron chi connectivity index (χ2n) is 8.99. The van der Waals surface area contributed by atoms with Crippen LogP contribution in [0.15, 0.2) is 11.6 Å². The van der Waals surface area contributed by atoms with Crippen molar-refractivity contribution >= 4 is 11.8 Å². The van der Waals surface area contributed by atoms with Gasteiger partial charge in [-0.1, -0.05) is 32.4 Å². The Hall–Kier alpha value is -1.28. The maximum absolute atomic E-state index is 13.3. The molecule has 4 N–H and O–H groups in total. The number of ketones is 1. The summed E-state index contributed by atoms with van der Waals surface area (Å²) in [5.41, 5.74) is -1.98. The number of hydrogen-bond acceptors (Lipinski definition) is 7. The molecule has 0 spiro atoms. The zero-order chi connectivity index (χ0) is 19.3. The van der Waals surface area contributed by atoms with E-state index in [1.807, 2.05) is 0 Å². The van der Waals surface area contributed by atoms with Gasteiger partial charge in [-0.15, -0.1) is 0 Å². The third-order valence-corrected chi connectivity index (χ3v) is 7.86. The standard InChI is InChI=1S/C19H26O7/c1-6-5-8(20)15(23)18(3)9(6)11(21)16(24)19(4)10-7(2)13(26-17(10)25)12(22)14(18)19/h5,7-15,20-23H,1-4H3/t7-,8-,9-,10-,11-,12-,13-,14-,15-,18+,19-/m0/s1. The number of carbonyl (C=O) groups is 2. The SMILES string of the molecule is CC1=C[C@H](O)[C@H](O)[C@@]2(C)[C@@H]3[C@@H](O)[C@H]4OC(=O)[C@H]([C@@H]4C)[C@]3(C)C(=O)[C@@H](O)[C@H]12. The number of aliphatic hydroxyl groups excluding tert-OH is 4. The molecule has 2 bridgehead atoms. The lowest BCUT2D eigenvalue weighted by Gasteiger charge is -2.64. The molecule has 7 nitrogen and oxygen atoms in total. The minimum atomic E-state index is -1.43. The summed E-state index contributed by atoms with van der Waals surface area (Å²) in [5, 5.41) is 43.2. The van der Waals surface area contributed by atoms with Gasteiger partial charge in [0, 0.05) is 28.6 Å². The minimum absolute atomic E-state index is 0.377. The summed E-state index contributed by atoms with van der Waals surface area (Å²) >= 11 is 0. The van der Waals surface area contributed by atoms with Crippen LogP contribution in [0.25, 0.3) is 0 Å². The number of hydrogen-bond donors (Lipinski definition) is 4. The Morgan fingerprint density at radius 3 is 2.31 bits per heavy atom. The molecular formula is C19H26O7. The number of ether oxygens (including phenoxy) is 1. The lowest BCUT2D eigenvalue weighted by Crippen LogP contribution is -2.74. The molecule has 1 saturated heterocycles. The Labute approximate surface area is 151 Å². The van der Waals surface area contributed by atoms with E-state index < -0.39 is 70.9 Å². The van der Waals surface area contributed by atoms with Crippen molar-refractivity contribution in [3.8, 4) is 0 Å². The maximum atomic E-state index is 13.3. The van der Waals surface area contributed by atoms with E-state index in [9.17, 15) is 30.0 Å². The third kappa shape index (κ3) is 1.73. The molecule has 26 heavy (non-hydrogen) atoms. The van der Waals surface area contributed by atoms with E-state index in [0.717, 1.165) is 0 Å². The van der Waals surface area contributed by atoms with Gasteiger partial charge in [0.25, 0.3) is 0 Å². The lowest BCUT2D eigenvalue weighted by molar-refractivity contribution is -0.235. The van der Waals surface area contributed by atoms with Crippen molar-refractivity contribution in [2.75, 3.05) is 0 Å². The molecular weight excluding hydrogens is 340 g/mol. The fraction of sp³-hybridized carbons (Fsp3) is 0.789. The highest BCUT2D eigenvalue weighted by atomic mass is 16.6. The number of esters is 1. The van der Waals surface area contributed by atoms with Crippen LogP contribution in [0.5, 0.6) is 0 Å². The Balaban J connectivity index is 1.98. The number of carbonyl (C=O) groups excluding carboxylic acids is 2. The van der Waals surface area contributed by atoms with Gasteiger partial charge in [-0.3, -0.25) is 9.59 Å². The quantitative estimate of drug-likeness (QED) is 0.334. The van der Waals surface area contributed by atoms with E-state index in [4.69, 9.17) is 4.74 Å². The van der Waals surface area contributed by atoms with Gasteiger partial charge < -0.3 is 25.2 Å². The van der Waals surface area contributed by atoms with Crippen LogP contribution in [0.3, 0.4) is 0 Å². The number of aliphatic hydroxyl groups is 4. The smallest absolute Gasteiger partial charge is 0.310 e. The average Bonchev–Trinajstić information content (AvgIpc) is 2.80. The molecule has 7 heteroatoms. The van der Waals surface area contributed by atoms with Crippen LogP contribution >= 0.6 is 0 Å². The number of Topliss-reactive ketones (excluding diaryl/α,β-unsaturated/α-hetero) is 1. The lowest BCUT2D eigenvalue weighted by atomic mass is 9.39. The average molecular weight is 366 g/mol. The van der Waals surface area contributed by atoms with Crippen LogP contribution in [0.2, 0.25) is 0 Å². The molecule has 3 fully saturated rings. The summed E-state index contributed by atoms with van der Waals surface area (Å²) in [7, 11) is 0. The molecule has 0 aromatic rings. The molecule has 4 aliphatic rings. The van der Waals surface area contributed by atoms with Gasteiger partial charge in [-0.05, 0) is 6.92 Å². The normalized spacial score (nSPS) is 58.6. The number of fused-ring (bicyclic) bond motifs is 6. The van der Waals surface area contributed by atoms with E-state index in [1.165, 1.54) is 6.08 Å². The predicted molar refractivity (Wildman–Crippen MR) is 88.5 cm³/mol. The zero-order valence-corrected chi connectivity index (χ0v) is 15.3. The van der Waals surface area contributed by atoms with Gasteiger partial charge in [-0.25, -0.2) is 0 Å².